The van der Waals surface area contributed by atoms with Crippen LogP contribution in [0.1, 0.15) is 65.2 Å². The highest BCUT2D eigenvalue weighted by molar-refractivity contribution is 5.89. The molecule has 0 heterocycles. The van der Waals surface area contributed by atoms with Crippen molar-refractivity contribution in [1.82, 2.24) is 0 Å². The molecule has 146 valence electrons. The average Bonchev–Trinajstić information content (AvgIpc) is 2.86. The molecule has 0 aliphatic heterocycles. The van der Waals surface area contributed by atoms with Crippen LogP contribution in [-0.4, -0.2) is 45.2 Å². The van der Waals surface area contributed by atoms with Gasteiger partial charge in [0.05, 0.1) is 6.10 Å². The third kappa shape index (κ3) is 2.20. The van der Waals surface area contributed by atoms with Crippen LogP contribution in [0.2, 0.25) is 0 Å². The summed E-state index contributed by atoms with van der Waals surface area (Å²) in [6.07, 6.45) is 5.02. The van der Waals surface area contributed by atoms with Crippen LogP contribution in [0.25, 0.3) is 0 Å². The molecule has 0 spiro atoms. The highest BCUT2D eigenvalue weighted by atomic mass is 16.3. The highest BCUT2D eigenvalue weighted by Gasteiger charge is 2.68. The Morgan fingerprint density at radius 2 is 1.92 bits per heavy atom. The first-order chi connectivity index (χ1) is 12.2. The van der Waals surface area contributed by atoms with Crippen molar-refractivity contribution in [2.75, 3.05) is 6.61 Å². The maximum Gasteiger partial charge on any atom is 0.190 e. The molecule has 0 aromatic heterocycles. The van der Waals surface area contributed by atoms with Gasteiger partial charge in [-0.25, -0.2) is 0 Å². The zero-order valence-corrected chi connectivity index (χ0v) is 15.9. The molecule has 26 heavy (non-hydrogen) atoms. The van der Waals surface area contributed by atoms with Gasteiger partial charge in [-0.3, -0.25) is 9.59 Å². The molecule has 4 saturated carbocycles. The van der Waals surface area contributed by atoms with Crippen molar-refractivity contribution in [1.29, 1.82) is 0 Å². The molecule has 3 N–H and O–H groups in total. The number of Topliss-reactive ketones (excluding diaryl/α,β-unsaturated/α-hetero) is 2. The molecule has 0 radical (unpaired) electrons. The van der Waals surface area contributed by atoms with E-state index in [2.05, 4.69) is 6.92 Å². The first-order valence-electron chi connectivity index (χ1n) is 10.2. The summed E-state index contributed by atoms with van der Waals surface area (Å²) in [6, 6.07) is 0. The van der Waals surface area contributed by atoms with Crippen LogP contribution in [0.3, 0.4) is 0 Å². The van der Waals surface area contributed by atoms with E-state index in [0.717, 1.165) is 25.7 Å². The van der Waals surface area contributed by atoms with Gasteiger partial charge in [0.15, 0.2) is 5.78 Å². The van der Waals surface area contributed by atoms with Gasteiger partial charge in [-0.2, -0.15) is 0 Å². The summed E-state index contributed by atoms with van der Waals surface area (Å²) in [4.78, 5) is 24.3. The van der Waals surface area contributed by atoms with Gasteiger partial charge >= 0.3 is 0 Å². The van der Waals surface area contributed by atoms with Crippen LogP contribution in [0, 0.1) is 34.5 Å². The van der Waals surface area contributed by atoms with Gasteiger partial charge in [0.1, 0.15) is 18.0 Å². The normalized spacial score (nSPS) is 53.6. The van der Waals surface area contributed by atoms with Crippen LogP contribution < -0.4 is 0 Å². The molecular formula is C21H32O5. The van der Waals surface area contributed by atoms with Crippen LogP contribution in [0.5, 0.6) is 0 Å². The summed E-state index contributed by atoms with van der Waals surface area (Å²) in [5, 5.41) is 31.8. The minimum atomic E-state index is -1.53. The zero-order valence-electron chi connectivity index (χ0n) is 15.9. The van der Waals surface area contributed by atoms with Crippen molar-refractivity contribution in [3.63, 3.8) is 0 Å². The van der Waals surface area contributed by atoms with Crippen molar-refractivity contribution in [3.8, 4) is 0 Å². The summed E-state index contributed by atoms with van der Waals surface area (Å²) in [7, 11) is 0. The van der Waals surface area contributed by atoms with Crippen LogP contribution in [0.4, 0.5) is 0 Å². The van der Waals surface area contributed by atoms with Gasteiger partial charge < -0.3 is 15.3 Å². The lowest BCUT2D eigenvalue weighted by atomic mass is 9.43. The van der Waals surface area contributed by atoms with Crippen molar-refractivity contribution in [2.24, 2.45) is 34.5 Å². The standard InChI is InChI=1S/C21H32O5/c1-19-7-5-13(23)9-12(19)3-4-14-15-6-8-21(26,17(25)11-22)20(15,2)10-16(24)18(14)19/h12,14-16,18,22,24,26H,3-11H2,1-2H3/t12?,14?,15-,16?,18+,19?,20?,21-/m0/s1. The molecule has 0 bridgehead atoms. The molecule has 5 unspecified atom stereocenters. The fraction of sp³-hybridized carbons (Fsp3) is 0.905. The predicted octanol–water partition coefficient (Wildman–Crippen LogP) is 1.86. The highest BCUT2D eigenvalue weighted by Crippen LogP contribution is 2.68. The molecule has 5 nitrogen and oxygen atoms in total. The molecule has 0 aromatic carbocycles. The molecule has 5 heteroatoms. The number of carbonyl (C=O) groups excluding carboxylic acids is 2. The van der Waals surface area contributed by atoms with E-state index in [9.17, 15) is 24.9 Å². The van der Waals surface area contributed by atoms with E-state index < -0.39 is 29.5 Å². The molecule has 4 aliphatic carbocycles. The van der Waals surface area contributed by atoms with Gasteiger partial charge in [-0.05, 0) is 67.6 Å². The van der Waals surface area contributed by atoms with Crippen molar-refractivity contribution >= 4 is 11.6 Å². The third-order valence-electron chi connectivity index (χ3n) is 9.17. The van der Waals surface area contributed by atoms with E-state index in [1.54, 1.807) is 0 Å². The maximum absolute atomic E-state index is 12.4. The smallest absolute Gasteiger partial charge is 0.190 e. The number of hydrogen-bond donors (Lipinski definition) is 3. The number of aliphatic hydroxyl groups excluding tert-OH is 2. The molecule has 0 saturated heterocycles. The zero-order chi connectivity index (χ0) is 18.9. The van der Waals surface area contributed by atoms with E-state index in [-0.39, 0.29) is 23.2 Å². The molecule has 4 fully saturated rings. The minimum Gasteiger partial charge on any atom is -0.393 e. The number of ketones is 2. The lowest BCUT2D eigenvalue weighted by Crippen LogP contribution is -2.63. The van der Waals surface area contributed by atoms with E-state index in [4.69, 9.17) is 0 Å². The molecule has 4 rings (SSSR count). The first-order valence-corrected chi connectivity index (χ1v) is 10.2. The average molecular weight is 364 g/mol. The monoisotopic (exact) mass is 364 g/mol. The Labute approximate surface area is 155 Å². The Balaban J connectivity index is 1.70. The van der Waals surface area contributed by atoms with Gasteiger partial charge in [0.25, 0.3) is 0 Å². The number of hydrogen-bond acceptors (Lipinski definition) is 5. The Morgan fingerprint density at radius 3 is 2.62 bits per heavy atom. The number of aliphatic hydroxyl groups is 3. The summed E-state index contributed by atoms with van der Waals surface area (Å²) < 4.78 is 0. The third-order valence-corrected chi connectivity index (χ3v) is 9.17. The summed E-state index contributed by atoms with van der Waals surface area (Å²) in [5.74, 6) is 0.800. The lowest BCUT2D eigenvalue weighted by Gasteiger charge is -2.62. The van der Waals surface area contributed by atoms with Crippen molar-refractivity contribution < 1.29 is 24.9 Å². The van der Waals surface area contributed by atoms with E-state index in [1.807, 2.05) is 6.92 Å². The number of carbonyl (C=O) groups is 2. The minimum absolute atomic E-state index is 0.0285. The van der Waals surface area contributed by atoms with Crippen molar-refractivity contribution in [3.05, 3.63) is 0 Å². The van der Waals surface area contributed by atoms with Gasteiger partial charge in [0, 0.05) is 18.3 Å². The molecular weight excluding hydrogens is 332 g/mol. The van der Waals surface area contributed by atoms with Gasteiger partial charge in [-0.15, -0.1) is 0 Å². The second kappa shape index (κ2) is 5.86. The van der Waals surface area contributed by atoms with Crippen LogP contribution in [0.15, 0.2) is 0 Å². The molecule has 0 aromatic rings. The van der Waals surface area contributed by atoms with Gasteiger partial charge in [0.2, 0.25) is 0 Å². The quantitative estimate of drug-likeness (QED) is 0.695. The second-order valence-electron chi connectivity index (χ2n) is 9.99. The fourth-order valence-corrected chi connectivity index (χ4v) is 7.76. The van der Waals surface area contributed by atoms with Crippen LogP contribution >= 0.6 is 0 Å². The maximum atomic E-state index is 12.4. The molecule has 4 aliphatic rings. The molecule has 0 amide bonds. The largest absolute Gasteiger partial charge is 0.393 e. The summed E-state index contributed by atoms with van der Waals surface area (Å²) in [6.45, 7) is 3.55. The van der Waals surface area contributed by atoms with E-state index >= 15 is 0 Å². The van der Waals surface area contributed by atoms with Gasteiger partial charge in [-0.1, -0.05) is 13.8 Å². The topological polar surface area (TPSA) is 94.8 Å². The predicted molar refractivity (Wildman–Crippen MR) is 95.2 cm³/mol. The summed E-state index contributed by atoms with van der Waals surface area (Å²) in [5.41, 5.74) is -2.24. The van der Waals surface area contributed by atoms with Crippen molar-refractivity contribution in [2.45, 2.75) is 76.9 Å². The molecule has 8 atom stereocenters. The Hall–Kier alpha value is -0.780. The second-order valence-corrected chi connectivity index (χ2v) is 9.99. The Bertz CT molecular complexity index is 632. The summed E-state index contributed by atoms with van der Waals surface area (Å²) >= 11 is 0. The Morgan fingerprint density at radius 1 is 1.19 bits per heavy atom. The lowest BCUT2D eigenvalue weighted by molar-refractivity contribution is -0.198. The van der Waals surface area contributed by atoms with E-state index in [0.29, 0.717) is 37.4 Å². The van der Waals surface area contributed by atoms with Crippen LogP contribution in [-0.2, 0) is 9.59 Å². The first kappa shape index (κ1) is 18.6. The number of rotatable bonds is 2. The number of fused-ring (bicyclic) bond motifs is 5. The SMILES string of the molecule is CC12CCC(=O)CC1CCC1[C@@H]2C(O)CC2(C)[C@H]1CC[C@]2(O)C(=O)CO. The van der Waals surface area contributed by atoms with E-state index in [1.165, 1.54) is 0 Å². The Kier molecular flexibility index (Phi) is 4.18. The fourth-order valence-electron chi connectivity index (χ4n) is 7.76.